The van der Waals surface area contributed by atoms with E-state index in [9.17, 15) is 31.9 Å². The standard InChI is InChI=1S/C36H49F2N3O5.C31H41F2N3O3/c1-24(18-26-11-13-28(37)20-31(26)38)21-41(34(42)27-12-16-32(44-5)33(19-27)45-6)23-30-8-7-17-40(30)22-25-9-14-29(15-10-25)39-35(43)46-36(2,3)4;1-21(15-23-8-10-25(32)17-28(23)33)18-36(31(37)24-9-13-29(38-2)30(16-24)39-3)20-27-5-4-14-35(27)19-22-6-11-26(34)12-7-22/h11-13,16,18-20,25,29-30H,7-10,14-15,17,21-23H2,1-6H3,(H,39,43);8-10,13,15-17,22,26-27H,4-7,11-12,14,18-20,34H2,1-3H3. The molecule has 0 spiro atoms. The lowest BCUT2D eigenvalue weighted by Gasteiger charge is -2.36. The summed E-state index contributed by atoms with van der Waals surface area (Å²) in [5, 5.41) is 3.03. The van der Waals surface area contributed by atoms with Crippen LogP contribution in [-0.2, 0) is 4.74 Å². The molecule has 464 valence electrons. The van der Waals surface area contributed by atoms with Gasteiger partial charge in [-0.25, -0.2) is 22.4 Å². The molecule has 3 amide bonds. The van der Waals surface area contributed by atoms with Gasteiger partial charge < -0.3 is 44.5 Å². The fraction of sp³-hybridized carbons (Fsp3) is 0.537. The minimum absolute atomic E-state index is 0.121. The van der Waals surface area contributed by atoms with Crippen molar-refractivity contribution in [3.05, 3.63) is 129 Å². The van der Waals surface area contributed by atoms with Crippen molar-refractivity contribution in [2.24, 2.45) is 17.6 Å². The Morgan fingerprint density at radius 3 is 1.38 bits per heavy atom. The van der Waals surface area contributed by atoms with Gasteiger partial charge in [0.1, 0.15) is 28.9 Å². The number of halogens is 4. The van der Waals surface area contributed by atoms with Crippen molar-refractivity contribution in [2.75, 3.05) is 80.8 Å². The van der Waals surface area contributed by atoms with Crippen LogP contribution in [-0.4, -0.2) is 148 Å². The van der Waals surface area contributed by atoms with Crippen molar-refractivity contribution in [3.8, 4) is 23.0 Å². The van der Waals surface area contributed by atoms with E-state index in [2.05, 4.69) is 15.1 Å². The van der Waals surface area contributed by atoms with Crippen LogP contribution in [0.2, 0.25) is 0 Å². The maximum Gasteiger partial charge on any atom is 0.407 e. The van der Waals surface area contributed by atoms with E-state index >= 15 is 0 Å². The second-order valence-electron chi connectivity index (χ2n) is 24.6. The monoisotopic (exact) mass is 1180 g/mol. The second kappa shape index (κ2) is 31.1. The zero-order chi connectivity index (χ0) is 61.4. The van der Waals surface area contributed by atoms with Crippen molar-refractivity contribution < 1.29 is 55.6 Å². The summed E-state index contributed by atoms with van der Waals surface area (Å²) in [5.41, 5.74) is 8.73. The summed E-state index contributed by atoms with van der Waals surface area (Å²) < 4.78 is 82.8. The van der Waals surface area contributed by atoms with E-state index in [4.69, 9.17) is 29.4 Å². The van der Waals surface area contributed by atoms with Gasteiger partial charge in [-0.3, -0.25) is 19.4 Å². The lowest BCUT2D eigenvalue weighted by molar-refractivity contribution is 0.0480. The zero-order valence-corrected chi connectivity index (χ0v) is 51.3. The topological polar surface area (TPSA) is 148 Å². The third-order valence-electron chi connectivity index (χ3n) is 16.7. The third-order valence-corrected chi connectivity index (χ3v) is 16.7. The normalized spacial score (nSPS) is 21.3. The molecule has 2 aliphatic heterocycles. The fourth-order valence-electron chi connectivity index (χ4n) is 12.4. The van der Waals surface area contributed by atoms with Gasteiger partial charge in [-0.2, -0.15) is 0 Å². The Kier molecular flexibility index (Phi) is 24.1. The lowest BCUT2D eigenvalue weighted by atomic mass is 9.85. The Labute approximate surface area is 501 Å². The number of methoxy groups -OCH3 is 4. The first-order valence-electron chi connectivity index (χ1n) is 30.1. The Balaban J connectivity index is 0.000000247. The molecule has 4 aromatic carbocycles. The molecule has 2 unspecified atom stereocenters. The van der Waals surface area contributed by atoms with Gasteiger partial charge in [-0.15, -0.1) is 0 Å². The first kappa shape index (κ1) is 65.9. The molecule has 2 aliphatic carbocycles. The number of alkyl carbamates (subject to hydrolysis) is 1. The summed E-state index contributed by atoms with van der Waals surface area (Å²) in [6, 6.07) is 18.2. The molecular formula is C67H90F4N6O8. The molecule has 2 heterocycles. The second-order valence-corrected chi connectivity index (χ2v) is 24.6. The number of ether oxygens (including phenoxy) is 5. The molecule has 2 saturated carbocycles. The number of nitrogens with one attached hydrogen (secondary N) is 1. The molecule has 18 heteroatoms. The smallest absolute Gasteiger partial charge is 0.407 e. The van der Waals surface area contributed by atoms with Crippen molar-refractivity contribution in [3.63, 3.8) is 0 Å². The average molecular weight is 1180 g/mol. The van der Waals surface area contributed by atoms with E-state index in [1.54, 1.807) is 69.9 Å². The quantitative estimate of drug-likeness (QED) is 0.0768. The molecule has 0 aromatic heterocycles. The highest BCUT2D eigenvalue weighted by atomic mass is 19.1. The number of nitrogens with zero attached hydrogens (tertiary/aromatic N) is 4. The third kappa shape index (κ3) is 19.4. The number of nitrogens with two attached hydrogens (primary N) is 1. The largest absolute Gasteiger partial charge is 0.493 e. The summed E-state index contributed by atoms with van der Waals surface area (Å²) in [7, 11) is 6.18. The van der Waals surface area contributed by atoms with E-state index in [1.807, 2.05) is 44.4 Å². The first-order valence-corrected chi connectivity index (χ1v) is 30.1. The highest BCUT2D eigenvalue weighted by Crippen LogP contribution is 2.34. The number of rotatable bonds is 21. The molecule has 4 aliphatic rings. The van der Waals surface area contributed by atoms with Crippen LogP contribution in [0.4, 0.5) is 22.4 Å². The van der Waals surface area contributed by atoms with Crippen molar-refractivity contribution in [1.29, 1.82) is 0 Å². The van der Waals surface area contributed by atoms with Gasteiger partial charge in [-0.05, 0) is 197 Å². The molecule has 4 fully saturated rings. The Bertz CT molecular complexity index is 2940. The fourth-order valence-corrected chi connectivity index (χ4v) is 12.4. The number of likely N-dealkylation sites (tertiary alicyclic amines) is 2. The van der Waals surface area contributed by atoms with Gasteiger partial charge in [0.2, 0.25) is 0 Å². The summed E-state index contributed by atoms with van der Waals surface area (Å²) in [6.07, 6.45) is 15.5. The molecular weight excluding hydrogens is 1090 g/mol. The van der Waals surface area contributed by atoms with Crippen LogP contribution < -0.4 is 30.0 Å². The minimum Gasteiger partial charge on any atom is -0.493 e. The van der Waals surface area contributed by atoms with Crippen molar-refractivity contribution in [1.82, 2.24) is 24.9 Å². The number of carbonyl (C=O) groups excluding carboxylic acids is 3. The summed E-state index contributed by atoms with van der Waals surface area (Å²) in [6.45, 7) is 15.0. The summed E-state index contributed by atoms with van der Waals surface area (Å²) in [5.74, 6) is 0.391. The van der Waals surface area contributed by atoms with Gasteiger partial charge in [0.15, 0.2) is 23.0 Å². The Morgan fingerprint density at radius 2 is 0.988 bits per heavy atom. The van der Waals surface area contributed by atoms with E-state index in [1.165, 1.54) is 31.4 Å². The molecule has 3 N–H and O–H groups in total. The Hall–Kier alpha value is -6.63. The molecule has 14 nitrogen and oxygen atoms in total. The molecule has 0 bridgehead atoms. The van der Waals surface area contributed by atoms with Gasteiger partial charge in [-0.1, -0.05) is 23.3 Å². The number of carbonyl (C=O) groups is 3. The van der Waals surface area contributed by atoms with Gasteiger partial charge in [0, 0.05) is 97.8 Å². The van der Waals surface area contributed by atoms with Crippen LogP contribution in [0.5, 0.6) is 23.0 Å². The molecule has 2 saturated heterocycles. The van der Waals surface area contributed by atoms with E-state index < -0.39 is 28.9 Å². The summed E-state index contributed by atoms with van der Waals surface area (Å²) in [4.78, 5) is 48.8. The van der Waals surface area contributed by atoms with Gasteiger partial charge in [0.25, 0.3) is 11.8 Å². The van der Waals surface area contributed by atoms with Crippen LogP contribution >= 0.6 is 0 Å². The molecule has 4 aromatic rings. The number of amides is 3. The number of hydrogen-bond acceptors (Lipinski definition) is 11. The average Bonchev–Trinajstić information content (AvgIpc) is 4.37. The predicted molar refractivity (Wildman–Crippen MR) is 325 cm³/mol. The maximum absolute atomic E-state index is 14.5. The number of hydrogen-bond donors (Lipinski definition) is 2. The zero-order valence-electron chi connectivity index (χ0n) is 51.3. The Morgan fingerprint density at radius 1 is 0.576 bits per heavy atom. The molecule has 0 radical (unpaired) electrons. The van der Waals surface area contributed by atoms with Crippen LogP contribution in [0.1, 0.15) is 144 Å². The lowest BCUT2D eigenvalue weighted by Crippen LogP contribution is -2.46. The SMILES string of the molecule is COc1ccc(C(=O)N(CC(C)=Cc2ccc(F)cc2F)CC2CCCN2CC2CCC(N)CC2)cc1OC.COc1ccc(C(=O)N(CC(C)=Cc2ccc(F)cc2F)CC2CCCN2CC2CCC(NC(=O)OC(C)(C)C)CC2)cc1OC. The van der Waals surface area contributed by atoms with Gasteiger partial charge in [0.05, 0.1) is 28.4 Å². The van der Waals surface area contributed by atoms with Crippen molar-refractivity contribution in [2.45, 2.75) is 141 Å². The molecule has 8 rings (SSSR count). The maximum atomic E-state index is 14.5. The van der Waals surface area contributed by atoms with E-state index in [0.717, 1.165) is 127 Å². The number of benzene rings is 4. The highest BCUT2D eigenvalue weighted by Gasteiger charge is 2.34. The minimum atomic E-state index is -0.643. The van der Waals surface area contributed by atoms with Crippen molar-refractivity contribution >= 4 is 30.1 Å². The molecule has 2 atom stereocenters. The van der Waals surface area contributed by atoms with Gasteiger partial charge >= 0.3 is 6.09 Å². The summed E-state index contributed by atoms with van der Waals surface area (Å²) >= 11 is 0. The van der Waals surface area contributed by atoms with Crippen LogP contribution in [0, 0.1) is 35.1 Å². The van der Waals surface area contributed by atoms with Crippen LogP contribution in [0.25, 0.3) is 12.2 Å². The highest BCUT2D eigenvalue weighted by molar-refractivity contribution is 5.96. The first-order chi connectivity index (χ1) is 40.6. The van der Waals surface area contributed by atoms with E-state index in [-0.39, 0.29) is 48.1 Å². The predicted octanol–water partition coefficient (Wildman–Crippen LogP) is 12.6. The van der Waals surface area contributed by atoms with Crippen LogP contribution in [0.15, 0.2) is 83.9 Å². The molecule has 85 heavy (non-hydrogen) atoms. The van der Waals surface area contributed by atoms with E-state index in [0.29, 0.717) is 77.2 Å². The van der Waals surface area contributed by atoms with Crippen LogP contribution in [0.3, 0.4) is 0 Å².